The Hall–Kier alpha value is -3.02. The van der Waals surface area contributed by atoms with Crippen molar-refractivity contribution in [2.75, 3.05) is 6.61 Å². The van der Waals surface area contributed by atoms with Crippen molar-refractivity contribution in [3.63, 3.8) is 0 Å². The van der Waals surface area contributed by atoms with Gasteiger partial charge in [0.05, 0.1) is 18.4 Å². The second-order valence-electron chi connectivity index (χ2n) is 7.16. The molecule has 0 bridgehead atoms. The van der Waals surface area contributed by atoms with Crippen molar-refractivity contribution >= 4 is 29.1 Å². The van der Waals surface area contributed by atoms with Crippen LogP contribution < -0.4 is 0 Å². The van der Waals surface area contributed by atoms with E-state index in [1.807, 2.05) is 48.5 Å². The van der Waals surface area contributed by atoms with Gasteiger partial charge in [-0.3, -0.25) is 14.4 Å². The van der Waals surface area contributed by atoms with Gasteiger partial charge >= 0.3 is 0 Å². The number of carbonyl (C=O) groups excluding carboxylic acids is 2. The average Bonchev–Trinajstić information content (AvgIpc) is 3.34. The highest BCUT2D eigenvalue weighted by Crippen LogP contribution is 2.32. The fraction of sp³-hybridized carbons (Fsp3) is 0.240. The van der Waals surface area contributed by atoms with Crippen molar-refractivity contribution < 1.29 is 24.6 Å². The Morgan fingerprint density at radius 1 is 0.968 bits per heavy atom. The third kappa shape index (κ3) is 7.31. The molecule has 2 aliphatic carbocycles. The lowest BCUT2D eigenvalue weighted by atomic mass is 9.88. The number of aliphatic hydroxyl groups is 1. The van der Waals surface area contributed by atoms with E-state index < -0.39 is 5.97 Å². The highest BCUT2D eigenvalue weighted by atomic mass is 35.5. The Kier molecular flexibility index (Phi) is 9.38. The summed E-state index contributed by atoms with van der Waals surface area (Å²) in [5.74, 6) is -0.797. The number of hydrogen-bond acceptors (Lipinski definition) is 4. The molecule has 6 heteroatoms. The first kappa shape index (κ1) is 24.3. The zero-order chi connectivity index (χ0) is 22.8. The molecule has 5 nitrogen and oxygen atoms in total. The van der Waals surface area contributed by atoms with Gasteiger partial charge in [0, 0.05) is 17.9 Å². The highest BCUT2D eigenvalue weighted by Gasteiger charge is 2.30. The second kappa shape index (κ2) is 12.0. The fourth-order valence-electron chi connectivity index (χ4n) is 3.43. The van der Waals surface area contributed by atoms with E-state index in [-0.39, 0.29) is 35.9 Å². The number of benzene rings is 2. The van der Waals surface area contributed by atoms with Crippen LogP contribution in [0.15, 0.2) is 78.9 Å². The summed E-state index contributed by atoms with van der Waals surface area (Å²) in [6.45, 7) is 1.08. The van der Waals surface area contributed by atoms with Crippen LogP contribution in [0.4, 0.5) is 0 Å². The maximum atomic E-state index is 11.6. The minimum atomic E-state index is -0.833. The Labute approximate surface area is 186 Å². The largest absolute Gasteiger partial charge is 0.481 e. The number of ketones is 2. The van der Waals surface area contributed by atoms with Crippen LogP contribution in [-0.4, -0.2) is 34.4 Å². The summed E-state index contributed by atoms with van der Waals surface area (Å²) in [7, 11) is 0. The minimum Gasteiger partial charge on any atom is -0.481 e. The van der Waals surface area contributed by atoms with Crippen LogP contribution in [0.3, 0.4) is 0 Å². The molecule has 3 unspecified atom stereocenters. The maximum Gasteiger partial charge on any atom is 0.300 e. The van der Waals surface area contributed by atoms with Crippen molar-refractivity contribution in [2.45, 2.75) is 25.2 Å². The Balaban J connectivity index is 0.000000192. The quantitative estimate of drug-likeness (QED) is 0.729. The van der Waals surface area contributed by atoms with Crippen LogP contribution in [0, 0.1) is 5.92 Å². The minimum absolute atomic E-state index is 0.00443. The molecule has 4 rings (SSSR count). The Morgan fingerprint density at radius 2 is 1.58 bits per heavy atom. The van der Waals surface area contributed by atoms with Crippen molar-refractivity contribution in [3.8, 4) is 0 Å². The lowest BCUT2D eigenvalue weighted by Gasteiger charge is -2.16. The lowest BCUT2D eigenvalue weighted by Crippen LogP contribution is -2.16. The summed E-state index contributed by atoms with van der Waals surface area (Å²) in [5, 5.41) is 17.2. The first-order valence-corrected chi connectivity index (χ1v) is 10.2. The van der Waals surface area contributed by atoms with Gasteiger partial charge in [0.25, 0.3) is 5.97 Å². The summed E-state index contributed by atoms with van der Waals surface area (Å²) in [4.78, 5) is 31.9. The number of allylic oxidation sites excluding steroid dienone is 3. The van der Waals surface area contributed by atoms with Crippen LogP contribution in [0.1, 0.15) is 36.3 Å². The van der Waals surface area contributed by atoms with Crippen molar-refractivity contribution in [1.29, 1.82) is 0 Å². The van der Waals surface area contributed by atoms with Gasteiger partial charge < -0.3 is 10.2 Å². The number of hydrogen-bond donors (Lipinski definition) is 2. The first-order valence-electron chi connectivity index (χ1n) is 9.86. The number of aliphatic hydroxyl groups excluding tert-OH is 1. The number of carboxylic acid groups (broad SMARTS) is 1. The Morgan fingerprint density at radius 3 is 2.10 bits per heavy atom. The summed E-state index contributed by atoms with van der Waals surface area (Å²) >= 11 is 5.78. The predicted molar refractivity (Wildman–Crippen MR) is 120 cm³/mol. The summed E-state index contributed by atoms with van der Waals surface area (Å²) < 4.78 is 0. The molecule has 2 aliphatic rings. The van der Waals surface area contributed by atoms with E-state index in [9.17, 15) is 9.59 Å². The standard InChI is InChI=1S/C12H11ClO2.C11H10O.C2H4O2/c13-10-4-1-8(2-5-10)12-9(7-14)3-6-11(12)15;12-11-8-4-7-10(11)9-5-2-1-3-6-9;1-2(3)4/h1-6,9,12,14H,7H2;1-6,8,10H,7H2;1H3,(H,3,4). The second-order valence-corrected chi connectivity index (χ2v) is 7.60. The van der Waals surface area contributed by atoms with Crippen LogP contribution in [0.25, 0.3) is 0 Å². The SMILES string of the molecule is CC(=O)O.O=C1C=CC(CO)C1c1ccc(Cl)cc1.O=C1C=CCC1c1ccccc1. The van der Waals surface area contributed by atoms with Crippen molar-refractivity contribution in [3.05, 3.63) is 95.1 Å². The van der Waals surface area contributed by atoms with Crippen LogP contribution in [-0.2, 0) is 14.4 Å². The average molecular weight is 441 g/mol. The monoisotopic (exact) mass is 440 g/mol. The molecule has 31 heavy (non-hydrogen) atoms. The zero-order valence-electron chi connectivity index (χ0n) is 17.1. The number of rotatable bonds is 3. The van der Waals surface area contributed by atoms with E-state index >= 15 is 0 Å². The third-order valence-electron chi connectivity index (χ3n) is 4.88. The van der Waals surface area contributed by atoms with Gasteiger partial charge in [-0.1, -0.05) is 66.2 Å². The fourth-order valence-corrected chi connectivity index (χ4v) is 3.56. The van der Waals surface area contributed by atoms with E-state index in [1.54, 1.807) is 30.4 Å². The van der Waals surface area contributed by atoms with Crippen molar-refractivity contribution in [2.24, 2.45) is 5.92 Å². The molecule has 0 amide bonds. The lowest BCUT2D eigenvalue weighted by molar-refractivity contribution is -0.134. The zero-order valence-corrected chi connectivity index (χ0v) is 17.9. The van der Waals surface area contributed by atoms with E-state index in [1.165, 1.54) is 0 Å². The van der Waals surface area contributed by atoms with E-state index in [4.69, 9.17) is 26.6 Å². The van der Waals surface area contributed by atoms with Gasteiger partial charge in [0.1, 0.15) is 0 Å². The normalized spacial score (nSPS) is 21.2. The maximum absolute atomic E-state index is 11.6. The van der Waals surface area contributed by atoms with Gasteiger partial charge in [-0.05, 0) is 41.8 Å². The van der Waals surface area contributed by atoms with E-state index in [0.717, 1.165) is 24.5 Å². The number of carboxylic acids is 1. The van der Waals surface area contributed by atoms with Crippen LogP contribution in [0.5, 0.6) is 0 Å². The van der Waals surface area contributed by atoms with Crippen LogP contribution >= 0.6 is 11.6 Å². The molecular weight excluding hydrogens is 416 g/mol. The molecule has 0 heterocycles. The summed E-state index contributed by atoms with van der Waals surface area (Å²) in [6, 6.07) is 17.1. The highest BCUT2D eigenvalue weighted by molar-refractivity contribution is 6.30. The summed E-state index contributed by atoms with van der Waals surface area (Å²) in [6.07, 6.45) is 7.79. The van der Waals surface area contributed by atoms with Crippen molar-refractivity contribution in [1.82, 2.24) is 0 Å². The number of halogens is 1. The topological polar surface area (TPSA) is 91.7 Å². The number of aliphatic carboxylic acids is 1. The van der Waals surface area contributed by atoms with Gasteiger partial charge in [-0.25, -0.2) is 0 Å². The molecule has 0 spiro atoms. The first-order chi connectivity index (χ1) is 14.8. The molecule has 162 valence electrons. The molecule has 0 fully saturated rings. The molecule has 2 aromatic rings. The Bertz CT molecular complexity index is 944. The van der Waals surface area contributed by atoms with E-state index in [0.29, 0.717) is 5.02 Å². The van der Waals surface area contributed by atoms with Gasteiger partial charge in [-0.2, -0.15) is 0 Å². The molecule has 0 saturated heterocycles. The molecule has 3 atom stereocenters. The summed E-state index contributed by atoms with van der Waals surface area (Å²) in [5.41, 5.74) is 2.04. The van der Waals surface area contributed by atoms with Gasteiger partial charge in [0.2, 0.25) is 0 Å². The number of carbonyl (C=O) groups is 3. The molecule has 0 aliphatic heterocycles. The third-order valence-corrected chi connectivity index (χ3v) is 5.13. The smallest absolute Gasteiger partial charge is 0.300 e. The van der Waals surface area contributed by atoms with E-state index in [2.05, 4.69) is 0 Å². The molecule has 0 radical (unpaired) electrons. The van der Waals surface area contributed by atoms with Gasteiger partial charge in [0.15, 0.2) is 11.6 Å². The molecule has 2 N–H and O–H groups in total. The predicted octanol–water partition coefficient (Wildman–Crippen LogP) is 4.56. The molecular formula is C25H25ClO5. The molecule has 0 saturated carbocycles. The molecule has 2 aromatic carbocycles. The van der Waals surface area contributed by atoms with Crippen LogP contribution in [0.2, 0.25) is 5.02 Å². The molecule has 0 aromatic heterocycles. The van der Waals surface area contributed by atoms with Gasteiger partial charge in [-0.15, -0.1) is 0 Å².